The van der Waals surface area contributed by atoms with Crippen LogP contribution in [0, 0.1) is 24.7 Å². The summed E-state index contributed by atoms with van der Waals surface area (Å²) in [7, 11) is 0. The minimum atomic E-state index is 0. The van der Waals surface area contributed by atoms with E-state index in [0.29, 0.717) is 0 Å². The molecule has 0 bridgehead atoms. The second kappa shape index (κ2) is 13.6. The van der Waals surface area contributed by atoms with Crippen molar-refractivity contribution in [2.75, 3.05) is 0 Å². The van der Waals surface area contributed by atoms with Gasteiger partial charge in [-0.25, -0.2) is 36.1 Å². The number of allylic oxidation sites excluding steroid dienone is 8. The summed E-state index contributed by atoms with van der Waals surface area (Å²) < 4.78 is 0. The Morgan fingerprint density at radius 2 is 1.30 bits per heavy atom. The van der Waals surface area contributed by atoms with E-state index in [1.807, 2.05) is 0 Å². The van der Waals surface area contributed by atoms with Gasteiger partial charge in [0, 0.05) is 0 Å². The average Bonchev–Trinajstić information content (AvgIpc) is 3.17. The summed E-state index contributed by atoms with van der Waals surface area (Å²) in [5.74, 6) is 1.77. The van der Waals surface area contributed by atoms with E-state index in [-0.39, 0.29) is 24.8 Å². The molecule has 4 aliphatic rings. The summed E-state index contributed by atoms with van der Waals surface area (Å²) in [6.45, 7) is 2.25. The molecule has 0 aromatic rings. The number of hydrogen-bond acceptors (Lipinski definition) is 0. The largest absolute Gasteiger partial charge is 1.00 e. The zero-order valence-electron chi connectivity index (χ0n) is 13.8. The molecular formula is C19H26Cl2SiZr-2. The fourth-order valence-electron chi connectivity index (χ4n) is 3.33. The molecule has 0 radical (unpaired) electrons. The van der Waals surface area contributed by atoms with Crippen LogP contribution in [0.4, 0.5) is 0 Å². The number of rotatable bonds is 0. The van der Waals surface area contributed by atoms with Crippen molar-refractivity contribution in [3.05, 3.63) is 60.4 Å². The molecule has 0 heterocycles. The molecule has 4 heteroatoms. The van der Waals surface area contributed by atoms with Gasteiger partial charge in [-0.1, -0.05) is 12.8 Å². The molecule has 0 aromatic heterocycles. The molecular weight excluding hydrogens is 418 g/mol. The predicted octanol–water partition coefficient (Wildman–Crippen LogP) is -1.09. The normalized spacial score (nSPS) is 25.0. The molecule has 4 rings (SSSR count). The fraction of sp³-hybridized carbons (Fsp3) is 0.474. The van der Waals surface area contributed by atoms with E-state index in [2.05, 4.69) is 55.8 Å². The number of fused-ring (bicyclic) bond motifs is 2. The van der Waals surface area contributed by atoms with Crippen LogP contribution in [0.5, 0.6) is 0 Å². The quantitative estimate of drug-likeness (QED) is 0.329. The van der Waals surface area contributed by atoms with Gasteiger partial charge in [0.05, 0.1) is 0 Å². The molecule has 126 valence electrons. The SMILES string of the molecule is C1=CCC2CC[CH-]C2=C1.C1=CCC2CC[CH-]C2=C1.C[SiH]=[Zr+2].[Cl-].[Cl-]. The van der Waals surface area contributed by atoms with Crippen LogP contribution in [-0.2, 0) is 23.3 Å². The van der Waals surface area contributed by atoms with Crippen LogP contribution in [-0.4, -0.2) is 6.16 Å². The molecule has 0 N–H and O–H groups in total. The molecule has 23 heavy (non-hydrogen) atoms. The molecule has 0 nitrogen and oxygen atoms in total. The maximum Gasteiger partial charge on any atom is -1.00 e. The second-order valence-corrected chi connectivity index (χ2v) is 10.7. The summed E-state index contributed by atoms with van der Waals surface area (Å²) in [6, 6.07) is 0. The summed E-state index contributed by atoms with van der Waals surface area (Å²) in [5, 5.41) is 0. The topological polar surface area (TPSA) is 0 Å². The molecule has 0 amide bonds. The summed E-state index contributed by atoms with van der Waals surface area (Å²) >= 11 is 1.72. The molecule has 2 fully saturated rings. The van der Waals surface area contributed by atoms with E-state index in [1.165, 1.54) is 38.5 Å². The van der Waals surface area contributed by atoms with Crippen molar-refractivity contribution in [1.82, 2.24) is 0 Å². The monoisotopic (exact) mass is 442 g/mol. The van der Waals surface area contributed by atoms with Gasteiger partial charge in [0.25, 0.3) is 0 Å². The van der Waals surface area contributed by atoms with E-state index in [1.54, 1.807) is 34.5 Å². The summed E-state index contributed by atoms with van der Waals surface area (Å²) in [6.07, 6.45) is 26.9. The Morgan fingerprint density at radius 1 is 0.913 bits per heavy atom. The first-order valence-corrected chi connectivity index (χ1v) is 14.2. The Morgan fingerprint density at radius 3 is 1.65 bits per heavy atom. The standard InChI is InChI=1S/2C9H11.CH4Si.2ClH.Zr/c2*1-2-5-9-7-3-6-8(9)4-1;1-2;;;/h2*1-2,4,6,9H,3,5,7H2;2H,1H3;2*1H;/q2*-1;;;;+2/p-2. The third kappa shape index (κ3) is 7.86. The third-order valence-corrected chi connectivity index (χ3v) is 4.42. The molecule has 4 aliphatic carbocycles. The van der Waals surface area contributed by atoms with Crippen LogP contribution >= 0.6 is 0 Å². The average molecular weight is 445 g/mol. The summed E-state index contributed by atoms with van der Waals surface area (Å²) in [5.41, 5.74) is 3.16. The van der Waals surface area contributed by atoms with E-state index >= 15 is 0 Å². The zero-order chi connectivity index (χ0) is 14.9. The molecule has 0 saturated heterocycles. The van der Waals surface area contributed by atoms with Gasteiger partial charge in [-0.15, -0.1) is 37.1 Å². The maximum absolute atomic E-state index is 2.37. The molecule has 2 unspecified atom stereocenters. The van der Waals surface area contributed by atoms with Crippen molar-refractivity contribution in [1.29, 1.82) is 0 Å². The molecule has 2 saturated carbocycles. The van der Waals surface area contributed by atoms with Gasteiger partial charge in [-0.05, 0) is 24.7 Å². The summed E-state index contributed by atoms with van der Waals surface area (Å²) in [4.78, 5) is 0. The van der Waals surface area contributed by atoms with Crippen molar-refractivity contribution >= 4 is 6.16 Å². The van der Waals surface area contributed by atoms with Crippen LogP contribution < -0.4 is 24.8 Å². The third-order valence-electron chi connectivity index (χ3n) is 4.42. The Bertz CT molecular complexity index is 426. The van der Waals surface area contributed by atoms with Gasteiger partial charge in [-0.3, -0.25) is 0 Å². The Hall–Kier alpha value is 0.380. The van der Waals surface area contributed by atoms with Crippen molar-refractivity contribution in [3.63, 3.8) is 0 Å². The van der Waals surface area contributed by atoms with E-state index in [0.717, 1.165) is 18.0 Å². The zero-order valence-corrected chi connectivity index (χ0v) is 19.0. The van der Waals surface area contributed by atoms with Crippen LogP contribution in [0.2, 0.25) is 6.55 Å². The number of halogens is 2. The number of hydrogen-bond donors (Lipinski definition) is 0. The first kappa shape index (κ1) is 23.4. The van der Waals surface area contributed by atoms with Crippen molar-refractivity contribution in [3.8, 4) is 0 Å². The van der Waals surface area contributed by atoms with Crippen LogP contribution in [0.3, 0.4) is 0 Å². The van der Waals surface area contributed by atoms with Crippen molar-refractivity contribution < 1.29 is 48.1 Å². The van der Waals surface area contributed by atoms with Crippen molar-refractivity contribution in [2.24, 2.45) is 11.8 Å². The molecule has 2 atom stereocenters. The van der Waals surface area contributed by atoms with Crippen molar-refractivity contribution in [2.45, 2.75) is 45.1 Å². The van der Waals surface area contributed by atoms with Gasteiger partial charge >= 0.3 is 36.0 Å². The fourth-order valence-corrected chi connectivity index (χ4v) is 3.33. The van der Waals surface area contributed by atoms with Crippen LogP contribution in [0.1, 0.15) is 38.5 Å². The first-order valence-electron chi connectivity index (χ1n) is 8.20. The van der Waals surface area contributed by atoms with E-state index in [9.17, 15) is 0 Å². The van der Waals surface area contributed by atoms with Gasteiger partial charge in [0.15, 0.2) is 0 Å². The van der Waals surface area contributed by atoms with Crippen LogP contribution in [0.25, 0.3) is 0 Å². The maximum atomic E-state index is 2.37. The molecule has 0 aliphatic heterocycles. The van der Waals surface area contributed by atoms with E-state index in [4.69, 9.17) is 0 Å². The minimum Gasteiger partial charge on any atom is -1.00 e. The van der Waals surface area contributed by atoms with Gasteiger partial charge in [-0.2, -0.15) is 0 Å². The van der Waals surface area contributed by atoms with E-state index < -0.39 is 0 Å². The molecule has 0 spiro atoms. The van der Waals surface area contributed by atoms with Crippen LogP contribution in [0.15, 0.2) is 47.6 Å². The molecule has 0 aromatic carbocycles. The van der Waals surface area contributed by atoms with Gasteiger partial charge in [0.1, 0.15) is 0 Å². The second-order valence-electron chi connectivity index (χ2n) is 5.91. The predicted molar refractivity (Wildman–Crippen MR) is 90.7 cm³/mol. The smallest absolute Gasteiger partial charge is 1.00 e. The Kier molecular flexibility index (Phi) is 13.9. The Labute approximate surface area is 170 Å². The van der Waals surface area contributed by atoms with Gasteiger partial charge in [0.2, 0.25) is 0 Å². The first-order chi connectivity index (χ1) is 10.3. The minimum absolute atomic E-state index is 0. The van der Waals surface area contributed by atoms with Gasteiger partial charge < -0.3 is 24.8 Å². The Balaban J connectivity index is 0.000000336.